The molecule has 0 bridgehead atoms. The summed E-state index contributed by atoms with van der Waals surface area (Å²) < 4.78 is 21.6. The molecule has 0 aliphatic carbocycles. The van der Waals surface area contributed by atoms with Crippen LogP contribution in [0.3, 0.4) is 0 Å². The zero-order valence-corrected chi connectivity index (χ0v) is 16.3. The molecule has 0 atom stereocenters. The Balaban J connectivity index is 1.37. The molecular formula is C22H23FN4O2. The van der Waals surface area contributed by atoms with Crippen molar-refractivity contribution in [2.75, 3.05) is 37.7 Å². The molecule has 0 saturated carbocycles. The quantitative estimate of drug-likeness (QED) is 0.668. The normalized spacial score (nSPS) is 14.1. The monoisotopic (exact) mass is 394 g/mol. The van der Waals surface area contributed by atoms with Gasteiger partial charge >= 0.3 is 0 Å². The zero-order valence-electron chi connectivity index (χ0n) is 16.3. The molecule has 150 valence electrons. The first-order valence-electron chi connectivity index (χ1n) is 9.63. The Kier molecular flexibility index (Phi) is 5.46. The summed E-state index contributed by atoms with van der Waals surface area (Å²) >= 11 is 0. The molecule has 0 unspecified atom stereocenters. The highest BCUT2D eigenvalue weighted by Crippen LogP contribution is 2.22. The van der Waals surface area contributed by atoms with Crippen molar-refractivity contribution >= 4 is 11.9 Å². The fourth-order valence-electron chi connectivity index (χ4n) is 3.47. The van der Waals surface area contributed by atoms with E-state index in [1.807, 2.05) is 31.2 Å². The molecule has 7 heteroatoms. The van der Waals surface area contributed by atoms with Gasteiger partial charge in [0.15, 0.2) is 6.61 Å². The molecule has 3 aromatic rings. The topological polar surface area (TPSA) is 50.6 Å². The van der Waals surface area contributed by atoms with E-state index in [0.717, 1.165) is 11.3 Å². The Labute approximate surface area is 169 Å². The summed E-state index contributed by atoms with van der Waals surface area (Å²) in [5.41, 5.74) is 1.47. The van der Waals surface area contributed by atoms with Gasteiger partial charge in [-0.05, 0) is 30.7 Å². The Bertz CT molecular complexity index is 996. The number of ether oxygens (including phenoxy) is 1. The van der Waals surface area contributed by atoms with E-state index in [1.54, 1.807) is 40.1 Å². The number of benzene rings is 2. The van der Waals surface area contributed by atoms with Gasteiger partial charge in [0.05, 0.1) is 5.69 Å². The second kappa shape index (κ2) is 8.34. The Hall–Kier alpha value is -3.35. The largest absolute Gasteiger partial charge is 0.484 e. The number of anilines is 1. The van der Waals surface area contributed by atoms with Gasteiger partial charge in [0.25, 0.3) is 5.91 Å². The molecule has 0 radical (unpaired) electrons. The number of piperazine rings is 1. The number of para-hydroxylation sites is 2. The minimum absolute atomic E-state index is 0.0225. The van der Waals surface area contributed by atoms with Crippen molar-refractivity contribution in [1.29, 1.82) is 0 Å². The van der Waals surface area contributed by atoms with E-state index in [9.17, 15) is 9.18 Å². The fourth-order valence-corrected chi connectivity index (χ4v) is 3.47. The van der Waals surface area contributed by atoms with E-state index >= 15 is 0 Å². The summed E-state index contributed by atoms with van der Waals surface area (Å²) in [6, 6.07) is 14.3. The maximum absolute atomic E-state index is 14.2. The van der Waals surface area contributed by atoms with Crippen LogP contribution in [0.15, 0.2) is 60.9 Å². The first kappa shape index (κ1) is 19.0. The van der Waals surface area contributed by atoms with Gasteiger partial charge in [0.2, 0.25) is 5.95 Å². The molecule has 1 amide bonds. The molecule has 1 saturated heterocycles. The number of carbonyl (C=O) groups is 1. The highest BCUT2D eigenvalue weighted by molar-refractivity contribution is 5.78. The standard InChI is InChI=1S/C22H23FN4O2/c1-17-6-2-5-9-20(17)29-16-21(28)25-12-14-26(15-13-25)22-24-10-11-27(22)19-8-4-3-7-18(19)23/h2-11H,12-16H2,1H3. The average molecular weight is 394 g/mol. The van der Waals surface area contributed by atoms with E-state index < -0.39 is 0 Å². The molecule has 1 aliphatic heterocycles. The molecule has 1 fully saturated rings. The molecule has 4 rings (SSSR count). The number of hydrogen-bond donors (Lipinski definition) is 0. The summed E-state index contributed by atoms with van der Waals surface area (Å²) in [6.07, 6.45) is 3.41. The lowest BCUT2D eigenvalue weighted by molar-refractivity contribution is -0.133. The van der Waals surface area contributed by atoms with Gasteiger partial charge in [-0.1, -0.05) is 30.3 Å². The van der Waals surface area contributed by atoms with Crippen LogP contribution in [0.2, 0.25) is 0 Å². The van der Waals surface area contributed by atoms with Crippen LogP contribution >= 0.6 is 0 Å². The molecule has 2 heterocycles. The third-order valence-electron chi connectivity index (χ3n) is 5.09. The van der Waals surface area contributed by atoms with Gasteiger partial charge in [-0.15, -0.1) is 0 Å². The van der Waals surface area contributed by atoms with Crippen LogP contribution in [0.1, 0.15) is 5.56 Å². The van der Waals surface area contributed by atoms with E-state index in [-0.39, 0.29) is 18.3 Å². The highest BCUT2D eigenvalue weighted by Gasteiger charge is 2.24. The lowest BCUT2D eigenvalue weighted by Gasteiger charge is -2.35. The maximum Gasteiger partial charge on any atom is 0.260 e. The summed E-state index contributed by atoms with van der Waals surface area (Å²) in [5.74, 6) is 1.07. The molecule has 1 aromatic heterocycles. The number of carbonyl (C=O) groups excluding carboxylic acids is 1. The number of halogens is 1. The predicted octanol–water partition coefficient (Wildman–Crippen LogP) is 3.05. The van der Waals surface area contributed by atoms with Crippen LogP contribution in [-0.4, -0.2) is 53.1 Å². The fraction of sp³-hybridized carbons (Fsp3) is 0.273. The number of aryl methyl sites for hydroxylation is 1. The van der Waals surface area contributed by atoms with E-state index in [4.69, 9.17) is 4.74 Å². The average Bonchev–Trinajstić information content (AvgIpc) is 3.23. The van der Waals surface area contributed by atoms with Gasteiger partial charge in [-0.2, -0.15) is 0 Å². The van der Waals surface area contributed by atoms with Crippen molar-refractivity contribution in [1.82, 2.24) is 14.5 Å². The summed E-state index contributed by atoms with van der Waals surface area (Å²) in [4.78, 5) is 20.8. The Morgan fingerprint density at radius 3 is 2.55 bits per heavy atom. The number of hydrogen-bond acceptors (Lipinski definition) is 4. The molecule has 6 nitrogen and oxygen atoms in total. The number of amides is 1. The van der Waals surface area contributed by atoms with E-state index in [1.165, 1.54) is 6.07 Å². The number of aromatic nitrogens is 2. The maximum atomic E-state index is 14.2. The van der Waals surface area contributed by atoms with Crippen molar-refractivity contribution in [3.05, 3.63) is 72.3 Å². The second-order valence-electron chi connectivity index (χ2n) is 6.97. The van der Waals surface area contributed by atoms with Crippen LogP contribution in [0, 0.1) is 12.7 Å². The number of imidazole rings is 1. The van der Waals surface area contributed by atoms with Crippen LogP contribution in [0.4, 0.5) is 10.3 Å². The van der Waals surface area contributed by atoms with Crippen molar-refractivity contribution in [2.24, 2.45) is 0 Å². The smallest absolute Gasteiger partial charge is 0.260 e. The van der Waals surface area contributed by atoms with Gasteiger partial charge in [-0.3, -0.25) is 9.36 Å². The van der Waals surface area contributed by atoms with Crippen molar-refractivity contribution < 1.29 is 13.9 Å². The minimum Gasteiger partial charge on any atom is -0.484 e. The Morgan fingerprint density at radius 2 is 1.79 bits per heavy atom. The van der Waals surface area contributed by atoms with Crippen LogP contribution in [0.25, 0.3) is 5.69 Å². The van der Waals surface area contributed by atoms with Crippen molar-refractivity contribution in [3.63, 3.8) is 0 Å². The van der Waals surface area contributed by atoms with E-state index in [2.05, 4.69) is 9.88 Å². The molecule has 0 N–H and O–H groups in total. The molecule has 2 aromatic carbocycles. The minimum atomic E-state index is -0.297. The van der Waals surface area contributed by atoms with Crippen LogP contribution in [-0.2, 0) is 4.79 Å². The predicted molar refractivity (Wildman–Crippen MR) is 109 cm³/mol. The van der Waals surface area contributed by atoms with Crippen LogP contribution < -0.4 is 9.64 Å². The third-order valence-corrected chi connectivity index (χ3v) is 5.09. The van der Waals surface area contributed by atoms with E-state index in [0.29, 0.717) is 37.8 Å². The van der Waals surface area contributed by atoms with Gasteiger partial charge in [0.1, 0.15) is 11.6 Å². The Morgan fingerprint density at radius 1 is 1.07 bits per heavy atom. The molecular weight excluding hydrogens is 371 g/mol. The first-order chi connectivity index (χ1) is 14.1. The molecule has 1 aliphatic rings. The number of nitrogens with zero attached hydrogens (tertiary/aromatic N) is 4. The second-order valence-corrected chi connectivity index (χ2v) is 6.97. The third kappa shape index (κ3) is 4.08. The summed E-state index contributed by atoms with van der Waals surface area (Å²) in [5, 5.41) is 0. The molecule has 0 spiro atoms. The SMILES string of the molecule is Cc1ccccc1OCC(=O)N1CCN(c2nccn2-c2ccccc2F)CC1. The van der Waals surface area contributed by atoms with Crippen LogP contribution in [0.5, 0.6) is 5.75 Å². The lowest BCUT2D eigenvalue weighted by Crippen LogP contribution is -2.50. The van der Waals surface area contributed by atoms with Gasteiger partial charge < -0.3 is 14.5 Å². The first-order valence-corrected chi connectivity index (χ1v) is 9.63. The molecule has 29 heavy (non-hydrogen) atoms. The van der Waals surface area contributed by atoms with Gasteiger partial charge in [0, 0.05) is 38.6 Å². The van der Waals surface area contributed by atoms with Crippen molar-refractivity contribution in [3.8, 4) is 11.4 Å². The number of rotatable bonds is 5. The highest BCUT2D eigenvalue weighted by atomic mass is 19.1. The summed E-state index contributed by atoms with van der Waals surface area (Å²) in [7, 11) is 0. The lowest BCUT2D eigenvalue weighted by atomic mass is 10.2. The summed E-state index contributed by atoms with van der Waals surface area (Å²) in [6.45, 7) is 4.37. The van der Waals surface area contributed by atoms with Crippen molar-refractivity contribution in [2.45, 2.75) is 6.92 Å². The van der Waals surface area contributed by atoms with Gasteiger partial charge in [-0.25, -0.2) is 9.37 Å². The zero-order chi connectivity index (χ0) is 20.2.